The lowest BCUT2D eigenvalue weighted by molar-refractivity contribution is 0.0417. The number of fused-ring (bicyclic) bond motifs is 5. The third kappa shape index (κ3) is 2.73. The second-order valence-electron chi connectivity index (χ2n) is 8.60. The Morgan fingerprint density at radius 3 is 3.00 bits per heavy atom. The van der Waals surface area contributed by atoms with Crippen LogP contribution < -0.4 is 5.73 Å². The van der Waals surface area contributed by atoms with Crippen LogP contribution in [0.3, 0.4) is 0 Å². The minimum atomic E-state index is -0.328. The molecule has 0 aromatic heterocycles. The summed E-state index contributed by atoms with van der Waals surface area (Å²) in [5.41, 5.74) is 9.19. The second kappa shape index (κ2) is 6.28. The molecule has 1 aromatic rings. The molecule has 1 amide bonds. The molecule has 4 rings (SSSR count). The first-order chi connectivity index (χ1) is 12.0. The average molecular weight is 339 g/mol. The SMILES string of the molecule is C[C@H](CO)C[C@@]12C=CC[C@H]1[C@@H]1CCc3cc(C(N)=O)ccc3[C@H]1CC2. The van der Waals surface area contributed by atoms with Crippen LogP contribution in [0.1, 0.15) is 66.4 Å². The van der Waals surface area contributed by atoms with Gasteiger partial charge in [-0.3, -0.25) is 4.79 Å². The molecule has 0 saturated heterocycles. The molecule has 5 atom stereocenters. The number of carbonyl (C=O) groups is 1. The summed E-state index contributed by atoms with van der Waals surface area (Å²) in [4.78, 5) is 11.5. The number of hydrogen-bond acceptors (Lipinski definition) is 2. The summed E-state index contributed by atoms with van der Waals surface area (Å²) in [6, 6.07) is 6.10. The fourth-order valence-electron chi connectivity index (χ4n) is 6.08. The van der Waals surface area contributed by atoms with Gasteiger partial charge in [0.1, 0.15) is 0 Å². The van der Waals surface area contributed by atoms with Crippen LogP contribution >= 0.6 is 0 Å². The fourth-order valence-corrected chi connectivity index (χ4v) is 6.08. The quantitative estimate of drug-likeness (QED) is 0.820. The molecular weight excluding hydrogens is 310 g/mol. The lowest BCUT2D eigenvalue weighted by atomic mass is 9.53. The molecule has 0 aliphatic heterocycles. The first-order valence-corrected chi connectivity index (χ1v) is 9.75. The van der Waals surface area contributed by atoms with Crippen molar-refractivity contribution in [3.63, 3.8) is 0 Å². The van der Waals surface area contributed by atoms with Crippen molar-refractivity contribution in [1.82, 2.24) is 0 Å². The first-order valence-electron chi connectivity index (χ1n) is 9.75. The van der Waals surface area contributed by atoms with E-state index >= 15 is 0 Å². The van der Waals surface area contributed by atoms with Crippen molar-refractivity contribution < 1.29 is 9.90 Å². The number of aliphatic hydroxyl groups excluding tert-OH is 1. The smallest absolute Gasteiger partial charge is 0.248 e. The van der Waals surface area contributed by atoms with Gasteiger partial charge in [0, 0.05) is 12.2 Å². The van der Waals surface area contributed by atoms with Crippen molar-refractivity contribution in [1.29, 1.82) is 0 Å². The van der Waals surface area contributed by atoms with Crippen LogP contribution in [-0.2, 0) is 6.42 Å². The van der Waals surface area contributed by atoms with Crippen LogP contribution in [0.15, 0.2) is 30.4 Å². The number of hydrogen-bond donors (Lipinski definition) is 2. The Morgan fingerprint density at radius 1 is 1.40 bits per heavy atom. The first kappa shape index (κ1) is 16.8. The molecular formula is C22H29NO2. The number of allylic oxidation sites excluding steroid dienone is 2. The predicted molar refractivity (Wildman–Crippen MR) is 99.3 cm³/mol. The van der Waals surface area contributed by atoms with E-state index in [1.807, 2.05) is 12.1 Å². The largest absolute Gasteiger partial charge is 0.396 e. The van der Waals surface area contributed by atoms with E-state index in [1.54, 1.807) is 0 Å². The summed E-state index contributed by atoms with van der Waals surface area (Å²) in [6.45, 7) is 2.46. The standard InChI is InChI=1S/C22H29NO2/c1-14(13-24)12-22-9-2-3-20(22)19-7-4-15-11-16(21(23)25)5-6-17(15)18(19)8-10-22/h2,5-6,9,11,14,18-20,24H,3-4,7-8,10,12-13H2,1H3,(H2,23,25)/t14-,18+,19+,20-,22-/m0/s1. The zero-order valence-corrected chi connectivity index (χ0v) is 15.1. The molecule has 3 nitrogen and oxygen atoms in total. The number of benzene rings is 1. The molecule has 0 unspecified atom stereocenters. The van der Waals surface area contributed by atoms with Gasteiger partial charge >= 0.3 is 0 Å². The number of nitrogens with two attached hydrogens (primary N) is 1. The second-order valence-corrected chi connectivity index (χ2v) is 8.60. The van der Waals surface area contributed by atoms with Crippen molar-refractivity contribution in [3.05, 3.63) is 47.0 Å². The van der Waals surface area contributed by atoms with Crippen molar-refractivity contribution in [2.75, 3.05) is 6.61 Å². The number of primary amides is 1. The van der Waals surface area contributed by atoms with Gasteiger partial charge in [0.15, 0.2) is 0 Å². The monoisotopic (exact) mass is 339 g/mol. The number of amides is 1. The van der Waals surface area contributed by atoms with Crippen molar-refractivity contribution >= 4 is 5.91 Å². The van der Waals surface area contributed by atoms with Crippen LogP contribution in [-0.4, -0.2) is 17.6 Å². The van der Waals surface area contributed by atoms with E-state index in [0.29, 0.717) is 28.7 Å². The highest BCUT2D eigenvalue weighted by molar-refractivity contribution is 5.93. The summed E-state index contributed by atoms with van der Waals surface area (Å²) in [5, 5.41) is 9.55. The highest BCUT2D eigenvalue weighted by Gasteiger charge is 2.50. The van der Waals surface area contributed by atoms with E-state index in [2.05, 4.69) is 25.1 Å². The summed E-state index contributed by atoms with van der Waals surface area (Å²) < 4.78 is 0. The molecule has 0 heterocycles. The maximum absolute atomic E-state index is 11.5. The Morgan fingerprint density at radius 2 is 2.24 bits per heavy atom. The molecule has 0 bridgehead atoms. The molecule has 3 aliphatic carbocycles. The Labute approximate surface area is 150 Å². The van der Waals surface area contributed by atoms with Crippen molar-refractivity contribution in [2.24, 2.45) is 28.9 Å². The zero-order valence-electron chi connectivity index (χ0n) is 15.1. The summed E-state index contributed by atoms with van der Waals surface area (Å²) in [6.07, 6.45) is 11.9. The molecule has 3 N–H and O–H groups in total. The van der Waals surface area contributed by atoms with Gasteiger partial charge in [-0.15, -0.1) is 0 Å². The Balaban J connectivity index is 1.63. The van der Waals surface area contributed by atoms with Gasteiger partial charge < -0.3 is 10.8 Å². The number of aryl methyl sites for hydroxylation is 1. The highest BCUT2D eigenvalue weighted by atomic mass is 16.3. The van der Waals surface area contributed by atoms with Crippen LogP contribution in [0.5, 0.6) is 0 Å². The van der Waals surface area contributed by atoms with Crippen molar-refractivity contribution in [2.45, 2.75) is 51.4 Å². The number of aliphatic hydroxyl groups is 1. The molecule has 1 aromatic carbocycles. The third-order valence-electron chi connectivity index (χ3n) is 7.15. The van der Waals surface area contributed by atoms with Gasteiger partial charge in [0.05, 0.1) is 0 Å². The van der Waals surface area contributed by atoms with E-state index in [4.69, 9.17) is 5.73 Å². The molecule has 134 valence electrons. The fraction of sp³-hybridized carbons (Fsp3) is 0.591. The Bertz CT molecular complexity index is 710. The van der Waals surface area contributed by atoms with E-state index in [1.165, 1.54) is 36.8 Å². The van der Waals surface area contributed by atoms with E-state index in [9.17, 15) is 9.90 Å². The van der Waals surface area contributed by atoms with Gasteiger partial charge in [-0.05, 0) is 90.9 Å². The van der Waals surface area contributed by atoms with E-state index in [-0.39, 0.29) is 12.5 Å². The molecule has 1 saturated carbocycles. The maximum atomic E-state index is 11.5. The van der Waals surface area contributed by atoms with Gasteiger partial charge in [-0.1, -0.05) is 25.1 Å². The Hall–Kier alpha value is -1.61. The van der Waals surface area contributed by atoms with Gasteiger partial charge in [-0.25, -0.2) is 0 Å². The summed E-state index contributed by atoms with van der Waals surface area (Å²) in [7, 11) is 0. The van der Waals surface area contributed by atoms with Crippen LogP contribution in [0.25, 0.3) is 0 Å². The molecule has 0 spiro atoms. The van der Waals surface area contributed by atoms with Gasteiger partial charge in [0.2, 0.25) is 5.91 Å². The lowest BCUT2D eigenvalue weighted by Crippen LogP contribution is -2.42. The molecule has 0 radical (unpaired) electrons. The van der Waals surface area contributed by atoms with Gasteiger partial charge in [0.25, 0.3) is 0 Å². The topological polar surface area (TPSA) is 63.3 Å². The molecule has 3 aliphatic rings. The minimum Gasteiger partial charge on any atom is -0.396 e. The van der Waals surface area contributed by atoms with Crippen LogP contribution in [0, 0.1) is 23.2 Å². The number of rotatable bonds is 4. The Kier molecular flexibility index (Phi) is 4.23. The molecule has 1 fully saturated rings. The van der Waals surface area contributed by atoms with Crippen LogP contribution in [0.4, 0.5) is 0 Å². The minimum absolute atomic E-state index is 0.287. The average Bonchev–Trinajstić information content (AvgIpc) is 3.04. The highest BCUT2D eigenvalue weighted by Crippen LogP contribution is 2.60. The normalized spacial score (nSPS) is 34.1. The predicted octanol–water partition coefficient (Wildman–Crippen LogP) is 3.81. The summed E-state index contributed by atoms with van der Waals surface area (Å²) >= 11 is 0. The van der Waals surface area contributed by atoms with E-state index in [0.717, 1.165) is 18.8 Å². The van der Waals surface area contributed by atoms with Crippen LogP contribution in [0.2, 0.25) is 0 Å². The van der Waals surface area contributed by atoms with Crippen molar-refractivity contribution in [3.8, 4) is 0 Å². The molecule has 3 heteroatoms. The molecule has 25 heavy (non-hydrogen) atoms. The van der Waals surface area contributed by atoms with Gasteiger partial charge in [-0.2, -0.15) is 0 Å². The third-order valence-corrected chi connectivity index (χ3v) is 7.15. The lowest BCUT2D eigenvalue weighted by Gasteiger charge is -2.51. The zero-order chi connectivity index (χ0) is 17.6. The number of carbonyl (C=O) groups excluding carboxylic acids is 1. The summed E-state index contributed by atoms with van der Waals surface area (Å²) in [5.74, 6) is 2.10. The van der Waals surface area contributed by atoms with E-state index < -0.39 is 0 Å². The maximum Gasteiger partial charge on any atom is 0.248 e.